The van der Waals surface area contributed by atoms with Gasteiger partial charge in [-0.15, -0.1) is 12.4 Å². The molecular formula is C16H24BrClN2O2. The van der Waals surface area contributed by atoms with E-state index < -0.39 is 5.54 Å². The van der Waals surface area contributed by atoms with Crippen LogP contribution in [0.3, 0.4) is 0 Å². The zero-order chi connectivity index (χ0) is 15.5. The topological polar surface area (TPSA) is 55.6 Å². The van der Waals surface area contributed by atoms with E-state index in [-0.39, 0.29) is 24.4 Å². The van der Waals surface area contributed by atoms with E-state index in [0.29, 0.717) is 26.1 Å². The Labute approximate surface area is 146 Å². The predicted molar refractivity (Wildman–Crippen MR) is 94.2 cm³/mol. The van der Waals surface area contributed by atoms with Crippen LogP contribution in [0.15, 0.2) is 28.7 Å². The molecule has 4 nitrogen and oxygen atoms in total. The van der Waals surface area contributed by atoms with Crippen LogP contribution in [0, 0.1) is 0 Å². The highest BCUT2D eigenvalue weighted by Gasteiger charge is 2.34. The van der Waals surface area contributed by atoms with Crippen molar-refractivity contribution in [1.82, 2.24) is 4.90 Å². The first-order chi connectivity index (χ1) is 9.94. The molecule has 2 N–H and O–H groups in total. The Bertz CT molecular complexity index is 493. The molecule has 2 unspecified atom stereocenters. The van der Waals surface area contributed by atoms with Gasteiger partial charge < -0.3 is 15.4 Å². The maximum atomic E-state index is 12.6. The van der Waals surface area contributed by atoms with E-state index in [1.807, 2.05) is 43.0 Å². The van der Waals surface area contributed by atoms with E-state index in [9.17, 15) is 4.79 Å². The summed E-state index contributed by atoms with van der Waals surface area (Å²) < 4.78 is 6.84. The van der Waals surface area contributed by atoms with Crippen LogP contribution >= 0.6 is 28.3 Å². The molecule has 2 atom stereocenters. The quantitative estimate of drug-likeness (QED) is 0.857. The summed E-state index contributed by atoms with van der Waals surface area (Å²) in [4.78, 5) is 14.4. The smallest absolute Gasteiger partial charge is 0.242 e. The number of benzene rings is 1. The first kappa shape index (κ1) is 19.4. The minimum absolute atomic E-state index is 0. The second-order valence-electron chi connectivity index (χ2n) is 5.83. The summed E-state index contributed by atoms with van der Waals surface area (Å²) in [5.41, 5.74) is 6.47. The van der Waals surface area contributed by atoms with Crippen LogP contribution in [-0.4, -0.2) is 36.0 Å². The fraction of sp³-hybridized carbons (Fsp3) is 0.562. The molecule has 0 radical (unpaired) electrons. The highest BCUT2D eigenvalue weighted by atomic mass is 79.9. The normalized spacial score (nSPS) is 20.9. The Morgan fingerprint density at radius 2 is 2.09 bits per heavy atom. The average molecular weight is 392 g/mol. The lowest BCUT2D eigenvalue weighted by Gasteiger charge is -2.37. The summed E-state index contributed by atoms with van der Waals surface area (Å²) in [6, 6.07) is 8.03. The molecule has 124 valence electrons. The molecule has 1 aliphatic rings. The fourth-order valence-corrected chi connectivity index (χ4v) is 2.96. The van der Waals surface area contributed by atoms with Gasteiger partial charge in [0, 0.05) is 11.0 Å². The zero-order valence-corrected chi connectivity index (χ0v) is 15.5. The molecule has 0 spiro atoms. The van der Waals surface area contributed by atoms with Gasteiger partial charge in [0.15, 0.2) is 0 Å². The minimum Gasteiger partial charge on any atom is -0.370 e. The van der Waals surface area contributed by atoms with Gasteiger partial charge in [-0.2, -0.15) is 0 Å². The molecule has 1 aromatic carbocycles. The molecule has 1 heterocycles. The Hall–Kier alpha value is -0.620. The molecule has 1 aromatic rings. The minimum atomic E-state index is -0.781. The molecule has 6 heteroatoms. The van der Waals surface area contributed by atoms with E-state index in [4.69, 9.17) is 10.5 Å². The van der Waals surface area contributed by atoms with E-state index in [1.165, 1.54) is 0 Å². The van der Waals surface area contributed by atoms with Gasteiger partial charge in [0.05, 0.1) is 18.7 Å². The van der Waals surface area contributed by atoms with Crippen LogP contribution in [0.4, 0.5) is 0 Å². The summed E-state index contributed by atoms with van der Waals surface area (Å²) in [6.45, 7) is 5.60. The van der Waals surface area contributed by atoms with Gasteiger partial charge >= 0.3 is 0 Å². The van der Waals surface area contributed by atoms with E-state index in [1.54, 1.807) is 0 Å². The molecule has 1 fully saturated rings. The van der Waals surface area contributed by atoms with Crippen molar-refractivity contribution in [3.63, 3.8) is 0 Å². The number of hydrogen-bond acceptors (Lipinski definition) is 3. The second-order valence-corrected chi connectivity index (χ2v) is 6.75. The number of nitrogens with two attached hydrogens (primary N) is 1. The monoisotopic (exact) mass is 390 g/mol. The third kappa shape index (κ3) is 4.69. The SMILES string of the molecule is CCCC(C)(N)C(=O)N1CCOC(c2ccc(Br)cc2)C1.Cl. The highest BCUT2D eigenvalue weighted by molar-refractivity contribution is 9.10. The Morgan fingerprint density at radius 1 is 1.45 bits per heavy atom. The summed E-state index contributed by atoms with van der Waals surface area (Å²) in [7, 11) is 0. The van der Waals surface area contributed by atoms with Gasteiger partial charge in [0.25, 0.3) is 0 Å². The Balaban J connectivity index is 0.00000242. The van der Waals surface area contributed by atoms with Crippen molar-refractivity contribution in [2.45, 2.75) is 38.3 Å². The number of carbonyl (C=O) groups is 1. The summed E-state index contributed by atoms with van der Waals surface area (Å²) >= 11 is 3.43. The Kier molecular flexibility index (Phi) is 7.32. The van der Waals surface area contributed by atoms with E-state index in [0.717, 1.165) is 16.5 Å². The molecule has 1 aliphatic heterocycles. The van der Waals surface area contributed by atoms with Gasteiger partial charge in [0.2, 0.25) is 5.91 Å². The van der Waals surface area contributed by atoms with Crippen molar-refractivity contribution in [1.29, 1.82) is 0 Å². The number of ether oxygens (including phenoxy) is 1. The molecule has 1 amide bonds. The van der Waals surface area contributed by atoms with Crippen LogP contribution in [0.1, 0.15) is 38.4 Å². The average Bonchev–Trinajstić information content (AvgIpc) is 2.47. The van der Waals surface area contributed by atoms with E-state index in [2.05, 4.69) is 15.9 Å². The molecular weight excluding hydrogens is 368 g/mol. The second kappa shape index (κ2) is 8.29. The summed E-state index contributed by atoms with van der Waals surface area (Å²) in [6.07, 6.45) is 1.53. The zero-order valence-electron chi connectivity index (χ0n) is 13.0. The standard InChI is InChI=1S/C16H23BrN2O2.ClH/c1-3-8-16(2,18)15(20)19-9-10-21-14(11-19)12-4-6-13(17)7-5-12;/h4-7,14H,3,8-11,18H2,1-2H3;1H. The van der Waals surface area contributed by atoms with Crippen molar-refractivity contribution in [3.05, 3.63) is 34.3 Å². The fourth-order valence-electron chi connectivity index (χ4n) is 2.70. The van der Waals surface area contributed by atoms with Gasteiger partial charge in [-0.05, 0) is 31.0 Å². The van der Waals surface area contributed by atoms with Crippen molar-refractivity contribution in [2.24, 2.45) is 5.73 Å². The molecule has 2 rings (SSSR count). The van der Waals surface area contributed by atoms with Crippen LogP contribution in [0.25, 0.3) is 0 Å². The first-order valence-electron chi connectivity index (χ1n) is 7.39. The third-order valence-electron chi connectivity index (χ3n) is 3.85. The van der Waals surface area contributed by atoms with Crippen molar-refractivity contribution in [3.8, 4) is 0 Å². The highest BCUT2D eigenvalue weighted by Crippen LogP contribution is 2.25. The maximum Gasteiger partial charge on any atom is 0.242 e. The lowest BCUT2D eigenvalue weighted by molar-refractivity contribution is -0.144. The van der Waals surface area contributed by atoms with Gasteiger partial charge in [-0.3, -0.25) is 4.79 Å². The van der Waals surface area contributed by atoms with Gasteiger partial charge in [-0.1, -0.05) is 41.4 Å². The van der Waals surface area contributed by atoms with Crippen LogP contribution < -0.4 is 5.73 Å². The third-order valence-corrected chi connectivity index (χ3v) is 4.38. The predicted octanol–water partition coefficient (Wildman–Crippen LogP) is 3.29. The number of rotatable bonds is 4. The van der Waals surface area contributed by atoms with E-state index >= 15 is 0 Å². The summed E-state index contributed by atoms with van der Waals surface area (Å²) in [5.74, 6) is 0.0229. The Morgan fingerprint density at radius 3 is 2.68 bits per heavy atom. The lowest BCUT2D eigenvalue weighted by atomic mass is 9.95. The number of nitrogens with zero attached hydrogens (tertiary/aromatic N) is 1. The molecule has 0 aliphatic carbocycles. The van der Waals surface area contributed by atoms with Gasteiger partial charge in [-0.25, -0.2) is 0 Å². The molecule has 1 saturated heterocycles. The van der Waals surface area contributed by atoms with Crippen LogP contribution in [-0.2, 0) is 9.53 Å². The first-order valence-corrected chi connectivity index (χ1v) is 8.18. The maximum absolute atomic E-state index is 12.6. The number of amides is 1. The van der Waals surface area contributed by atoms with Crippen molar-refractivity contribution < 1.29 is 9.53 Å². The van der Waals surface area contributed by atoms with Crippen molar-refractivity contribution >= 4 is 34.2 Å². The molecule has 0 aromatic heterocycles. The number of morpholine rings is 1. The largest absolute Gasteiger partial charge is 0.370 e. The molecule has 0 bridgehead atoms. The lowest BCUT2D eigenvalue weighted by Crippen LogP contribution is -2.56. The number of halogens is 2. The van der Waals surface area contributed by atoms with Crippen LogP contribution in [0.2, 0.25) is 0 Å². The van der Waals surface area contributed by atoms with Crippen LogP contribution in [0.5, 0.6) is 0 Å². The van der Waals surface area contributed by atoms with Crippen molar-refractivity contribution in [2.75, 3.05) is 19.7 Å². The van der Waals surface area contributed by atoms with Gasteiger partial charge in [0.1, 0.15) is 6.10 Å². The summed E-state index contributed by atoms with van der Waals surface area (Å²) in [5, 5.41) is 0. The molecule has 22 heavy (non-hydrogen) atoms. The number of hydrogen-bond donors (Lipinski definition) is 1. The number of carbonyl (C=O) groups excluding carboxylic acids is 1. The molecule has 0 saturated carbocycles.